The van der Waals surface area contributed by atoms with E-state index in [1.807, 2.05) is 97.1 Å². The summed E-state index contributed by atoms with van der Waals surface area (Å²) in [5.74, 6) is 0. The predicted octanol–water partition coefficient (Wildman–Crippen LogP) is 6.03. The molecule has 3 aromatic carbocycles. The zero-order valence-electron chi connectivity index (χ0n) is 14.2. The molecule has 106 valence electrons. The Morgan fingerprint density at radius 1 is 0.455 bits per heavy atom. The van der Waals surface area contributed by atoms with E-state index >= 15 is 0 Å². The van der Waals surface area contributed by atoms with Gasteiger partial charge in [0, 0.05) is 0 Å². The van der Waals surface area contributed by atoms with Gasteiger partial charge in [-0.3, -0.25) is 0 Å². The van der Waals surface area contributed by atoms with Gasteiger partial charge in [-0.1, -0.05) is 109 Å². The SMILES string of the molecule is [2H]/C(=C\c1ccccc1)c1ccc(/C([2H])=C/c2ccccc2)cc1. The Labute approximate surface area is 134 Å². The molecule has 0 amide bonds. The second-order valence-corrected chi connectivity index (χ2v) is 4.98. The molecule has 0 aliphatic carbocycles. The van der Waals surface area contributed by atoms with E-state index in [0.29, 0.717) is 12.1 Å². The standard InChI is InChI=1S/C22H18/c1-3-7-19(8-4-1)11-13-21-15-17-22(18-16-21)14-12-20-9-5-2-6-10-20/h1-18H/b13-11+,14-12+/i13D,14D. The minimum absolute atomic E-state index is 0.464. The first kappa shape index (κ1) is 11.8. The molecule has 0 unspecified atom stereocenters. The van der Waals surface area contributed by atoms with E-state index in [9.17, 15) is 0 Å². The van der Waals surface area contributed by atoms with Crippen LogP contribution in [0.5, 0.6) is 0 Å². The molecule has 3 rings (SSSR count). The molecule has 22 heavy (non-hydrogen) atoms. The smallest absolute Gasteiger partial charge is 0.0622 e. The first-order valence-corrected chi connectivity index (χ1v) is 7.30. The van der Waals surface area contributed by atoms with Gasteiger partial charge in [-0.05, 0) is 22.3 Å². The van der Waals surface area contributed by atoms with E-state index in [1.165, 1.54) is 0 Å². The molecule has 0 N–H and O–H groups in total. The fraction of sp³-hybridized carbons (Fsp3) is 0. The van der Waals surface area contributed by atoms with E-state index in [-0.39, 0.29) is 0 Å². The maximum atomic E-state index is 8.21. The zero-order valence-corrected chi connectivity index (χ0v) is 12.2. The summed E-state index contributed by atoms with van der Waals surface area (Å²) in [5, 5.41) is 0. The summed E-state index contributed by atoms with van der Waals surface area (Å²) in [6.45, 7) is 0. The lowest BCUT2D eigenvalue weighted by atomic mass is 10.1. The van der Waals surface area contributed by atoms with Crippen LogP contribution in [0.2, 0.25) is 0 Å². The van der Waals surface area contributed by atoms with Crippen LogP contribution in [-0.4, -0.2) is 0 Å². The molecule has 0 bridgehead atoms. The summed E-state index contributed by atoms with van der Waals surface area (Å²) in [7, 11) is 0. The van der Waals surface area contributed by atoms with Gasteiger partial charge < -0.3 is 0 Å². The molecule has 0 heterocycles. The van der Waals surface area contributed by atoms with Gasteiger partial charge in [0.15, 0.2) is 0 Å². The summed E-state index contributed by atoms with van der Waals surface area (Å²) in [6.07, 6.45) is 3.69. The van der Waals surface area contributed by atoms with Gasteiger partial charge in [0.25, 0.3) is 0 Å². The third-order valence-electron chi connectivity index (χ3n) is 3.30. The molecular formula is C22H18. The van der Waals surface area contributed by atoms with E-state index in [4.69, 9.17) is 2.74 Å². The highest BCUT2D eigenvalue weighted by atomic mass is 14.0. The summed E-state index contributed by atoms with van der Waals surface area (Å²) in [5.41, 5.74) is 3.71. The predicted molar refractivity (Wildman–Crippen MR) is 97.2 cm³/mol. The van der Waals surface area contributed by atoms with Gasteiger partial charge in [0.2, 0.25) is 0 Å². The summed E-state index contributed by atoms with van der Waals surface area (Å²) < 4.78 is 16.4. The average molecular weight is 284 g/mol. The number of benzene rings is 3. The van der Waals surface area contributed by atoms with E-state index in [1.54, 1.807) is 0 Å². The van der Waals surface area contributed by atoms with Crippen molar-refractivity contribution in [2.75, 3.05) is 0 Å². The third-order valence-corrected chi connectivity index (χ3v) is 3.30. The lowest BCUT2D eigenvalue weighted by Gasteiger charge is -1.97. The van der Waals surface area contributed by atoms with Gasteiger partial charge >= 0.3 is 0 Å². The molecule has 3 aromatic rings. The molecule has 0 nitrogen and oxygen atoms in total. The zero-order chi connectivity index (χ0) is 16.8. The van der Waals surface area contributed by atoms with Crippen LogP contribution in [0.3, 0.4) is 0 Å². The van der Waals surface area contributed by atoms with Crippen LogP contribution in [0.1, 0.15) is 25.0 Å². The maximum absolute atomic E-state index is 8.21. The second-order valence-electron chi connectivity index (χ2n) is 4.98. The van der Waals surface area contributed by atoms with Crippen molar-refractivity contribution in [3.8, 4) is 0 Å². The van der Waals surface area contributed by atoms with Crippen molar-refractivity contribution in [1.82, 2.24) is 0 Å². The van der Waals surface area contributed by atoms with Gasteiger partial charge in [-0.2, -0.15) is 0 Å². The average Bonchev–Trinajstić information content (AvgIpc) is 2.63. The minimum atomic E-state index is 0.464. The Kier molecular flexibility index (Phi) is 3.87. The molecule has 0 aromatic heterocycles. The summed E-state index contributed by atoms with van der Waals surface area (Å²) in [4.78, 5) is 0. The minimum Gasteiger partial charge on any atom is -0.0622 e. The molecule has 0 radical (unpaired) electrons. The van der Waals surface area contributed by atoms with Crippen molar-refractivity contribution in [1.29, 1.82) is 0 Å². The summed E-state index contributed by atoms with van der Waals surface area (Å²) in [6, 6.07) is 28.2. The summed E-state index contributed by atoms with van der Waals surface area (Å²) >= 11 is 0. The second kappa shape index (κ2) is 7.24. The fourth-order valence-electron chi connectivity index (χ4n) is 2.09. The quantitative estimate of drug-likeness (QED) is 0.513. The van der Waals surface area contributed by atoms with Crippen molar-refractivity contribution in [3.63, 3.8) is 0 Å². The van der Waals surface area contributed by atoms with Crippen LogP contribution in [0, 0.1) is 0 Å². The molecule has 0 aliphatic heterocycles. The fourth-order valence-corrected chi connectivity index (χ4v) is 2.09. The van der Waals surface area contributed by atoms with Crippen molar-refractivity contribution < 1.29 is 2.74 Å². The van der Waals surface area contributed by atoms with Crippen LogP contribution in [-0.2, 0) is 0 Å². The Hall–Kier alpha value is -2.86. The van der Waals surface area contributed by atoms with Crippen LogP contribution < -0.4 is 0 Å². The Morgan fingerprint density at radius 3 is 1.18 bits per heavy atom. The van der Waals surface area contributed by atoms with Crippen molar-refractivity contribution in [2.24, 2.45) is 0 Å². The number of hydrogen-bond acceptors (Lipinski definition) is 0. The molecule has 0 fully saturated rings. The highest BCUT2D eigenvalue weighted by molar-refractivity contribution is 5.72. The van der Waals surface area contributed by atoms with E-state index < -0.39 is 0 Å². The maximum Gasteiger partial charge on any atom is 0.0629 e. The van der Waals surface area contributed by atoms with Gasteiger partial charge in [-0.25, -0.2) is 0 Å². The highest BCUT2D eigenvalue weighted by Crippen LogP contribution is 2.12. The van der Waals surface area contributed by atoms with E-state index in [2.05, 4.69) is 0 Å². The van der Waals surface area contributed by atoms with Crippen molar-refractivity contribution >= 4 is 24.3 Å². The monoisotopic (exact) mass is 284 g/mol. The Morgan fingerprint density at radius 2 is 0.818 bits per heavy atom. The van der Waals surface area contributed by atoms with Crippen molar-refractivity contribution in [3.05, 3.63) is 107 Å². The lowest BCUT2D eigenvalue weighted by Crippen LogP contribution is -1.75. The molecular weight excluding hydrogens is 264 g/mol. The van der Waals surface area contributed by atoms with Gasteiger partial charge in [0.1, 0.15) is 0 Å². The first-order chi connectivity index (χ1) is 11.7. The topological polar surface area (TPSA) is 0 Å². The molecule has 0 saturated carbocycles. The molecule has 0 aliphatic rings. The van der Waals surface area contributed by atoms with Crippen LogP contribution in [0.15, 0.2) is 84.9 Å². The largest absolute Gasteiger partial charge is 0.0629 e. The first-order valence-electron chi connectivity index (χ1n) is 8.30. The van der Waals surface area contributed by atoms with Crippen LogP contribution >= 0.6 is 0 Å². The van der Waals surface area contributed by atoms with Gasteiger partial charge in [0.05, 0.1) is 2.74 Å². The lowest BCUT2D eigenvalue weighted by molar-refractivity contribution is 1.61. The third kappa shape index (κ3) is 4.07. The van der Waals surface area contributed by atoms with Crippen molar-refractivity contribution in [2.45, 2.75) is 0 Å². The molecule has 0 heteroatoms. The van der Waals surface area contributed by atoms with Crippen LogP contribution in [0.25, 0.3) is 24.3 Å². The van der Waals surface area contributed by atoms with Crippen LogP contribution in [0.4, 0.5) is 0 Å². The molecule has 0 atom stereocenters. The Bertz CT molecular complexity index is 771. The van der Waals surface area contributed by atoms with Gasteiger partial charge in [-0.15, -0.1) is 0 Å². The highest BCUT2D eigenvalue weighted by Gasteiger charge is 1.90. The van der Waals surface area contributed by atoms with E-state index in [0.717, 1.165) is 22.3 Å². The Balaban J connectivity index is 1.80. The normalized spacial score (nSPS) is 13.5. The number of rotatable bonds is 4. The molecule has 0 spiro atoms. The number of hydrogen-bond donors (Lipinski definition) is 0. The molecule has 0 saturated heterocycles.